The third kappa shape index (κ3) is 1.96. The summed E-state index contributed by atoms with van der Waals surface area (Å²) in [4.78, 5) is 27.9. The van der Waals surface area contributed by atoms with E-state index in [-0.39, 0.29) is 11.4 Å². The third-order valence-electron chi connectivity index (χ3n) is 3.25. The Kier molecular flexibility index (Phi) is 2.73. The molecule has 0 aromatic carbocycles. The highest BCUT2D eigenvalue weighted by atomic mass is 19.1. The molecular formula is C12H12FN5O. The molecule has 7 heteroatoms. The number of aryl methyl sites for hydroxylation is 1. The van der Waals surface area contributed by atoms with Crippen molar-refractivity contribution in [1.82, 2.24) is 19.9 Å². The van der Waals surface area contributed by atoms with Gasteiger partial charge in [-0.1, -0.05) is 0 Å². The van der Waals surface area contributed by atoms with Crippen LogP contribution in [-0.4, -0.2) is 26.5 Å². The molecule has 2 aromatic heterocycles. The fraction of sp³-hybridized carbons (Fsp3) is 0.333. The largest absolute Gasteiger partial charge is 0.349 e. The van der Waals surface area contributed by atoms with Gasteiger partial charge in [-0.3, -0.25) is 4.79 Å². The van der Waals surface area contributed by atoms with E-state index in [4.69, 9.17) is 0 Å². The number of hydrogen-bond donors (Lipinski definition) is 1. The maximum Gasteiger partial charge on any atom is 0.255 e. The van der Waals surface area contributed by atoms with Crippen LogP contribution in [0.2, 0.25) is 0 Å². The van der Waals surface area contributed by atoms with E-state index in [0.717, 1.165) is 5.69 Å². The summed E-state index contributed by atoms with van der Waals surface area (Å²) in [7, 11) is 0. The number of nitrogens with zero attached hydrogens (tertiary/aromatic N) is 4. The number of anilines is 1. The molecule has 2 aromatic rings. The van der Waals surface area contributed by atoms with Crippen molar-refractivity contribution < 1.29 is 4.39 Å². The van der Waals surface area contributed by atoms with E-state index < -0.39 is 5.82 Å². The SMILES string of the molecule is Cc1ncnc(N2CCc3nc[nH]c(=O)c3C2)c1F. The summed E-state index contributed by atoms with van der Waals surface area (Å²) in [5.41, 5.74) is 1.47. The number of nitrogens with one attached hydrogen (secondary N) is 1. The minimum absolute atomic E-state index is 0.180. The fourth-order valence-electron chi connectivity index (χ4n) is 2.20. The van der Waals surface area contributed by atoms with Gasteiger partial charge in [-0.05, 0) is 6.92 Å². The summed E-state index contributed by atoms with van der Waals surface area (Å²) < 4.78 is 14.0. The minimum atomic E-state index is -0.439. The van der Waals surface area contributed by atoms with Gasteiger partial charge < -0.3 is 9.88 Å². The van der Waals surface area contributed by atoms with Gasteiger partial charge in [0.25, 0.3) is 5.56 Å². The van der Waals surface area contributed by atoms with Crippen LogP contribution in [0, 0.1) is 12.7 Å². The number of aromatic nitrogens is 4. The van der Waals surface area contributed by atoms with Crippen molar-refractivity contribution in [2.75, 3.05) is 11.4 Å². The average molecular weight is 261 g/mol. The lowest BCUT2D eigenvalue weighted by atomic mass is 10.1. The molecule has 0 saturated heterocycles. The Morgan fingerprint density at radius 3 is 3.05 bits per heavy atom. The number of halogens is 1. The maximum absolute atomic E-state index is 14.0. The molecule has 0 radical (unpaired) electrons. The van der Waals surface area contributed by atoms with E-state index in [2.05, 4.69) is 19.9 Å². The third-order valence-corrected chi connectivity index (χ3v) is 3.25. The van der Waals surface area contributed by atoms with E-state index in [1.54, 1.807) is 11.8 Å². The molecule has 0 fully saturated rings. The minimum Gasteiger partial charge on any atom is -0.349 e. The van der Waals surface area contributed by atoms with Gasteiger partial charge >= 0.3 is 0 Å². The first kappa shape index (κ1) is 11.8. The van der Waals surface area contributed by atoms with Crippen molar-refractivity contribution >= 4 is 5.82 Å². The van der Waals surface area contributed by atoms with Crippen molar-refractivity contribution in [3.63, 3.8) is 0 Å². The molecule has 19 heavy (non-hydrogen) atoms. The predicted molar refractivity (Wildman–Crippen MR) is 66.3 cm³/mol. The van der Waals surface area contributed by atoms with E-state index in [1.165, 1.54) is 12.7 Å². The summed E-state index contributed by atoms with van der Waals surface area (Å²) in [6.07, 6.45) is 3.32. The number of H-pyrrole nitrogens is 1. The normalized spacial score (nSPS) is 14.3. The first-order valence-corrected chi connectivity index (χ1v) is 5.94. The molecule has 1 N–H and O–H groups in total. The van der Waals surface area contributed by atoms with Crippen LogP contribution in [0.3, 0.4) is 0 Å². The first-order valence-electron chi connectivity index (χ1n) is 5.94. The molecule has 0 saturated carbocycles. The number of hydrogen-bond acceptors (Lipinski definition) is 5. The van der Waals surface area contributed by atoms with Crippen molar-refractivity contribution in [1.29, 1.82) is 0 Å². The standard InChI is InChI=1S/C12H12FN5O/c1-7-10(13)11(16-5-14-7)18-3-2-9-8(4-18)12(19)17-6-15-9/h5-6H,2-4H2,1H3,(H,15,17,19). The summed E-state index contributed by atoms with van der Waals surface area (Å²) in [6.45, 7) is 2.48. The second-order valence-corrected chi connectivity index (χ2v) is 4.43. The summed E-state index contributed by atoms with van der Waals surface area (Å²) in [5, 5.41) is 0. The van der Waals surface area contributed by atoms with Crippen LogP contribution in [-0.2, 0) is 13.0 Å². The lowest BCUT2D eigenvalue weighted by molar-refractivity contribution is 0.580. The van der Waals surface area contributed by atoms with Gasteiger partial charge in [-0.25, -0.2) is 19.3 Å². The number of fused-ring (bicyclic) bond motifs is 1. The molecule has 1 aliphatic rings. The molecular weight excluding hydrogens is 249 g/mol. The zero-order chi connectivity index (χ0) is 13.4. The Labute approximate surface area is 108 Å². The van der Waals surface area contributed by atoms with E-state index in [1.807, 2.05) is 0 Å². The highest BCUT2D eigenvalue weighted by molar-refractivity contribution is 5.43. The van der Waals surface area contributed by atoms with Gasteiger partial charge in [0.2, 0.25) is 0 Å². The lowest BCUT2D eigenvalue weighted by Gasteiger charge is -2.28. The van der Waals surface area contributed by atoms with Gasteiger partial charge in [-0.15, -0.1) is 0 Å². The van der Waals surface area contributed by atoms with Crippen molar-refractivity contribution in [2.24, 2.45) is 0 Å². The molecule has 3 heterocycles. The zero-order valence-electron chi connectivity index (χ0n) is 10.4. The Morgan fingerprint density at radius 2 is 2.21 bits per heavy atom. The van der Waals surface area contributed by atoms with Gasteiger partial charge in [0, 0.05) is 13.0 Å². The second kappa shape index (κ2) is 4.42. The summed E-state index contributed by atoms with van der Waals surface area (Å²) in [5.74, 6) is -0.201. The van der Waals surface area contributed by atoms with Crippen LogP contribution in [0.5, 0.6) is 0 Å². The van der Waals surface area contributed by atoms with Crippen molar-refractivity contribution in [3.05, 3.63) is 45.8 Å². The van der Waals surface area contributed by atoms with E-state index >= 15 is 0 Å². The van der Waals surface area contributed by atoms with Crippen LogP contribution >= 0.6 is 0 Å². The average Bonchev–Trinajstić information content (AvgIpc) is 2.42. The van der Waals surface area contributed by atoms with Crippen LogP contribution in [0.15, 0.2) is 17.4 Å². The molecule has 0 amide bonds. The molecule has 0 aliphatic carbocycles. The number of rotatable bonds is 1. The molecule has 1 aliphatic heterocycles. The zero-order valence-corrected chi connectivity index (χ0v) is 10.4. The van der Waals surface area contributed by atoms with Crippen LogP contribution < -0.4 is 10.5 Å². The number of aromatic amines is 1. The fourth-order valence-corrected chi connectivity index (χ4v) is 2.20. The van der Waals surface area contributed by atoms with Gasteiger partial charge in [0.15, 0.2) is 11.6 Å². The molecule has 98 valence electrons. The van der Waals surface area contributed by atoms with E-state index in [0.29, 0.717) is 30.8 Å². The Morgan fingerprint density at radius 1 is 1.37 bits per heavy atom. The lowest BCUT2D eigenvalue weighted by Crippen LogP contribution is -2.36. The van der Waals surface area contributed by atoms with Gasteiger partial charge in [0.1, 0.15) is 6.33 Å². The molecule has 0 unspecified atom stereocenters. The highest BCUT2D eigenvalue weighted by Gasteiger charge is 2.23. The summed E-state index contributed by atoms with van der Waals surface area (Å²) in [6, 6.07) is 0. The van der Waals surface area contributed by atoms with Crippen LogP contribution in [0.1, 0.15) is 17.0 Å². The van der Waals surface area contributed by atoms with Gasteiger partial charge in [0.05, 0.1) is 29.8 Å². The van der Waals surface area contributed by atoms with Gasteiger partial charge in [-0.2, -0.15) is 0 Å². The summed E-state index contributed by atoms with van der Waals surface area (Å²) >= 11 is 0. The Bertz CT molecular complexity index is 684. The molecule has 0 spiro atoms. The second-order valence-electron chi connectivity index (χ2n) is 4.43. The Balaban J connectivity index is 2.00. The molecule has 6 nitrogen and oxygen atoms in total. The predicted octanol–water partition coefficient (Wildman–Crippen LogP) is 0.570. The van der Waals surface area contributed by atoms with Crippen LogP contribution in [0.25, 0.3) is 0 Å². The smallest absolute Gasteiger partial charge is 0.255 e. The monoisotopic (exact) mass is 261 g/mol. The van der Waals surface area contributed by atoms with Crippen LogP contribution in [0.4, 0.5) is 10.2 Å². The highest BCUT2D eigenvalue weighted by Crippen LogP contribution is 2.22. The quantitative estimate of drug-likeness (QED) is 0.812. The first-order chi connectivity index (χ1) is 9.16. The van der Waals surface area contributed by atoms with Crippen molar-refractivity contribution in [3.8, 4) is 0 Å². The van der Waals surface area contributed by atoms with E-state index in [9.17, 15) is 9.18 Å². The topological polar surface area (TPSA) is 74.8 Å². The van der Waals surface area contributed by atoms with Crippen molar-refractivity contribution in [2.45, 2.75) is 19.9 Å². The molecule has 0 bridgehead atoms. The Hall–Kier alpha value is -2.31. The molecule has 0 atom stereocenters. The molecule has 3 rings (SSSR count). The maximum atomic E-state index is 14.0.